The standard InChI is InChI=1S/C16H17N3O2/c1-10-4-2-6-13(18-10)14(11-7-8-11)19-16(21)12-5-3-9-17-15(12)20/h2-6,9,11,14H,7-8H2,1H3,(H,17,20)(H,19,21)/t14-/m0/s1. The van der Waals surface area contributed by atoms with Gasteiger partial charge in [0.2, 0.25) is 0 Å². The van der Waals surface area contributed by atoms with Crippen LogP contribution in [0, 0.1) is 12.8 Å². The molecule has 0 radical (unpaired) electrons. The molecule has 0 saturated heterocycles. The summed E-state index contributed by atoms with van der Waals surface area (Å²) in [6, 6.07) is 8.84. The van der Waals surface area contributed by atoms with E-state index in [-0.39, 0.29) is 23.1 Å². The molecule has 0 spiro atoms. The molecule has 1 aliphatic rings. The van der Waals surface area contributed by atoms with Gasteiger partial charge in [0.05, 0.1) is 11.7 Å². The number of aromatic nitrogens is 2. The van der Waals surface area contributed by atoms with Crippen molar-refractivity contribution in [1.82, 2.24) is 15.3 Å². The number of hydrogen-bond donors (Lipinski definition) is 2. The second-order valence-electron chi connectivity index (χ2n) is 5.41. The van der Waals surface area contributed by atoms with E-state index in [4.69, 9.17) is 0 Å². The van der Waals surface area contributed by atoms with Gasteiger partial charge in [-0.2, -0.15) is 0 Å². The average molecular weight is 283 g/mol. The van der Waals surface area contributed by atoms with Gasteiger partial charge in [0.1, 0.15) is 5.56 Å². The van der Waals surface area contributed by atoms with Crippen molar-refractivity contribution in [2.45, 2.75) is 25.8 Å². The summed E-state index contributed by atoms with van der Waals surface area (Å²) in [5.41, 5.74) is 1.54. The Morgan fingerprint density at radius 1 is 1.33 bits per heavy atom. The molecule has 0 aromatic carbocycles. The first kappa shape index (κ1) is 13.5. The van der Waals surface area contributed by atoms with Crippen molar-refractivity contribution < 1.29 is 4.79 Å². The Kier molecular flexibility index (Phi) is 3.56. The zero-order chi connectivity index (χ0) is 14.8. The summed E-state index contributed by atoms with van der Waals surface area (Å²) >= 11 is 0. The molecule has 21 heavy (non-hydrogen) atoms. The number of carbonyl (C=O) groups excluding carboxylic acids is 1. The summed E-state index contributed by atoms with van der Waals surface area (Å²) < 4.78 is 0. The zero-order valence-corrected chi connectivity index (χ0v) is 11.8. The zero-order valence-electron chi connectivity index (χ0n) is 11.8. The maximum atomic E-state index is 12.3. The number of nitrogens with one attached hydrogen (secondary N) is 2. The monoisotopic (exact) mass is 283 g/mol. The molecule has 1 amide bonds. The van der Waals surface area contributed by atoms with Crippen molar-refractivity contribution in [3.8, 4) is 0 Å². The molecule has 0 aliphatic heterocycles. The third-order valence-electron chi connectivity index (χ3n) is 3.67. The number of rotatable bonds is 4. The lowest BCUT2D eigenvalue weighted by atomic mass is 10.1. The first-order valence-corrected chi connectivity index (χ1v) is 7.07. The van der Waals surface area contributed by atoms with Gasteiger partial charge in [-0.1, -0.05) is 6.07 Å². The Morgan fingerprint density at radius 3 is 2.81 bits per heavy atom. The normalized spacial score (nSPS) is 15.5. The molecule has 1 aliphatic carbocycles. The second-order valence-corrected chi connectivity index (χ2v) is 5.41. The highest BCUT2D eigenvalue weighted by Gasteiger charge is 2.34. The van der Waals surface area contributed by atoms with E-state index in [0.717, 1.165) is 24.2 Å². The van der Waals surface area contributed by atoms with E-state index in [1.807, 2.05) is 25.1 Å². The molecule has 1 atom stereocenters. The van der Waals surface area contributed by atoms with Crippen LogP contribution in [0.15, 0.2) is 41.3 Å². The van der Waals surface area contributed by atoms with Crippen molar-refractivity contribution in [1.29, 1.82) is 0 Å². The van der Waals surface area contributed by atoms with Gasteiger partial charge < -0.3 is 10.3 Å². The molecule has 2 N–H and O–H groups in total. The highest BCUT2D eigenvalue weighted by Crippen LogP contribution is 2.40. The summed E-state index contributed by atoms with van der Waals surface area (Å²) in [6.45, 7) is 1.93. The van der Waals surface area contributed by atoms with Crippen LogP contribution in [0.1, 0.15) is 40.6 Å². The maximum Gasteiger partial charge on any atom is 0.260 e. The smallest absolute Gasteiger partial charge is 0.260 e. The van der Waals surface area contributed by atoms with E-state index in [1.54, 1.807) is 6.07 Å². The van der Waals surface area contributed by atoms with Crippen LogP contribution in [0.4, 0.5) is 0 Å². The van der Waals surface area contributed by atoms with Gasteiger partial charge in [-0.15, -0.1) is 0 Å². The molecule has 1 saturated carbocycles. The summed E-state index contributed by atoms with van der Waals surface area (Å²) in [4.78, 5) is 31.0. The van der Waals surface area contributed by atoms with Crippen LogP contribution in [-0.4, -0.2) is 15.9 Å². The van der Waals surface area contributed by atoms with E-state index >= 15 is 0 Å². The van der Waals surface area contributed by atoms with Crippen LogP contribution in [0.5, 0.6) is 0 Å². The highest BCUT2D eigenvalue weighted by molar-refractivity contribution is 5.94. The molecule has 108 valence electrons. The number of nitrogens with zero attached hydrogens (tertiary/aromatic N) is 1. The minimum absolute atomic E-state index is 0.128. The predicted octanol–water partition coefficient (Wildman–Crippen LogP) is 1.96. The number of amides is 1. The molecule has 2 heterocycles. The quantitative estimate of drug-likeness (QED) is 0.900. The molecule has 0 unspecified atom stereocenters. The lowest BCUT2D eigenvalue weighted by molar-refractivity contribution is 0.0929. The minimum Gasteiger partial charge on any atom is -0.343 e. The lowest BCUT2D eigenvalue weighted by Crippen LogP contribution is -2.34. The van der Waals surface area contributed by atoms with E-state index < -0.39 is 0 Å². The van der Waals surface area contributed by atoms with Crippen molar-refractivity contribution in [2.75, 3.05) is 0 Å². The van der Waals surface area contributed by atoms with E-state index in [0.29, 0.717) is 5.92 Å². The SMILES string of the molecule is Cc1cccc([C@@H](NC(=O)c2ccc[nH]c2=O)C2CC2)n1. The van der Waals surface area contributed by atoms with E-state index in [2.05, 4.69) is 15.3 Å². The number of hydrogen-bond acceptors (Lipinski definition) is 3. The Bertz CT molecular complexity index is 719. The van der Waals surface area contributed by atoms with Crippen LogP contribution < -0.4 is 10.9 Å². The summed E-state index contributed by atoms with van der Waals surface area (Å²) in [5.74, 6) is 0.0584. The van der Waals surface area contributed by atoms with Crippen LogP contribution in [-0.2, 0) is 0 Å². The first-order valence-electron chi connectivity index (χ1n) is 7.07. The topological polar surface area (TPSA) is 74.8 Å². The number of aromatic amines is 1. The molecular weight excluding hydrogens is 266 g/mol. The second kappa shape index (κ2) is 5.52. The number of aryl methyl sites for hydroxylation is 1. The number of pyridine rings is 2. The van der Waals surface area contributed by atoms with Crippen molar-refractivity contribution in [3.05, 3.63) is 63.8 Å². The lowest BCUT2D eigenvalue weighted by Gasteiger charge is -2.18. The van der Waals surface area contributed by atoms with Gasteiger partial charge in [-0.05, 0) is 49.9 Å². The van der Waals surface area contributed by atoms with Crippen LogP contribution >= 0.6 is 0 Å². The Labute approximate surface area is 122 Å². The van der Waals surface area contributed by atoms with Gasteiger partial charge in [0, 0.05) is 11.9 Å². The maximum absolute atomic E-state index is 12.3. The van der Waals surface area contributed by atoms with Crippen molar-refractivity contribution in [2.24, 2.45) is 5.92 Å². The van der Waals surface area contributed by atoms with Gasteiger partial charge >= 0.3 is 0 Å². The predicted molar refractivity (Wildman–Crippen MR) is 79.0 cm³/mol. The molecule has 1 fully saturated rings. The number of carbonyl (C=O) groups is 1. The van der Waals surface area contributed by atoms with Crippen LogP contribution in [0.3, 0.4) is 0 Å². The van der Waals surface area contributed by atoms with Crippen molar-refractivity contribution >= 4 is 5.91 Å². The highest BCUT2D eigenvalue weighted by atomic mass is 16.2. The summed E-state index contributed by atoms with van der Waals surface area (Å²) in [5, 5.41) is 2.96. The summed E-state index contributed by atoms with van der Waals surface area (Å²) in [6.07, 6.45) is 3.66. The molecule has 3 rings (SSSR count). The van der Waals surface area contributed by atoms with E-state index in [9.17, 15) is 9.59 Å². The largest absolute Gasteiger partial charge is 0.343 e. The van der Waals surface area contributed by atoms with Gasteiger partial charge in [-0.25, -0.2) is 0 Å². The third kappa shape index (κ3) is 3.02. The van der Waals surface area contributed by atoms with Crippen LogP contribution in [0.25, 0.3) is 0 Å². The van der Waals surface area contributed by atoms with Gasteiger partial charge in [0.25, 0.3) is 11.5 Å². The summed E-state index contributed by atoms with van der Waals surface area (Å²) in [7, 11) is 0. The minimum atomic E-state index is -0.373. The Hall–Kier alpha value is -2.43. The number of H-pyrrole nitrogens is 1. The molecule has 2 aromatic rings. The molecule has 2 aromatic heterocycles. The Morgan fingerprint density at radius 2 is 2.14 bits per heavy atom. The van der Waals surface area contributed by atoms with E-state index in [1.165, 1.54) is 12.3 Å². The fourth-order valence-corrected chi connectivity index (χ4v) is 2.42. The fraction of sp³-hybridized carbons (Fsp3) is 0.312. The third-order valence-corrected chi connectivity index (χ3v) is 3.67. The van der Waals surface area contributed by atoms with Crippen LogP contribution in [0.2, 0.25) is 0 Å². The molecular formula is C16H17N3O2. The molecule has 5 nitrogen and oxygen atoms in total. The van der Waals surface area contributed by atoms with Gasteiger partial charge in [0.15, 0.2) is 0 Å². The molecule has 0 bridgehead atoms. The Balaban J connectivity index is 1.85. The first-order chi connectivity index (χ1) is 10.1. The molecule has 5 heteroatoms. The van der Waals surface area contributed by atoms with Crippen molar-refractivity contribution in [3.63, 3.8) is 0 Å². The fourth-order valence-electron chi connectivity index (χ4n) is 2.42. The van der Waals surface area contributed by atoms with Gasteiger partial charge in [-0.3, -0.25) is 14.6 Å². The average Bonchev–Trinajstić information content (AvgIpc) is 3.29.